The van der Waals surface area contributed by atoms with E-state index in [0.717, 1.165) is 42.9 Å². The second kappa shape index (κ2) is 8.67. The van der Waals surface area contributed by atoms with E-state index < -0.39 is 17.6 Å². The fourth-order valence-electron chi connectivity index (χ4n) is 2.95. The average molecular weight is 431 g/mol. The quantitative estimate of drug-likeness (QED) is 0.567. The van der Waals surface area contributed by atoms with E-state index in [1.807, 2.05) is 0 Å². The zero-order valence-corrected chi connectivity index (χ0v) is 16.6. The predicted molar refractivity (Wildman–Crippen MR) is 102 cm³/mol. The molecule has 1 amide bonds. The molecule has 0 fully saturated rings. The Hall–Kier alpha value is -1.84. The summed E-state index contributed by atoms with van der Waals surface area (Å²) < 4.78 is 39.5. The third kappa shape index (κ3) is 4.95. The van der Waals surface area contributed by atoms with Crippen LogP contribution in [0.25, 0.3) is 0 Å². The number of thioether (sulfide) groups is 1. The minimum atomic E-state index is -4.62. The van der Waals surface area contributed by atoms with Gasteiger partial charge in [0.05, 0.1) is 22.7 Å². The van der Waals surface area contributed by atoms with Crippen LogP contribution in [0.3, 0.4) is 0 Å². The highest BCUT2D eigenvalue weighted by Gasteiger charge is 2.34. The van der Waals surface area contributed by atoms with Crippen molar-refractivity contribution in [1.82, 2.24) is 14.9 Å². The molecular weight excluding hydrogens is 413 g/mol. The summed E-state index contributed by atoms with van der Waals surface area (Å²) in [4.78, 5) is 23.1. The van der Waals surface area contributed by atoms with Gasteiger partial charge in [-0.25, -0.2) is 9.97 Å². The van der Waals surface area contributed by atoms with Crippen LogP contribution >= 0.6 is 23.4 Å². The van der Waals surface area contributed by atoms with E-state index in [-0.39, 0.29) is 16.5 Å². The van der Waals surface area contributed by atoms with Crippen molar-refractivity contribution in [1.29, 1.82) is 0 Å². The van der Waals surface area contributed by atoms with E-state index in [0.29, 0.717) is 11.6 Å². The first-order valence-corrected chi connectivity index (χ1v) is 9.98. The number of amides is 1. The lowest BCUT2D eigenvalue weighted by molar-refractivity contribution is -0.137. The van der Waals surface area contributed by atoms with E-state index in [1.54, 1.807) is 0 Å². The minimum Gasteiger partial charge on any atom is -0.325 e. The summed E-state index contributed by atoms with van der Waals surface area (Å²) >= 11 is 6.85. The number of aromatic nitrogens is 2. The Kier molecular flexibility index (Phi) is 6.47. The summed E-state index contributed by atoms with van der Waals surface area (Å²) in [6.07, 6.45) is -2.34. The summed E-state index contributed by atoms with van der Waals surface area (Å²) in [5.74, 6) is -0.608. The predicted octanol–water partition coefficient (Wildman–Crippen LogP) is 4.26. The fourth-order valence-corrected chi connectivity index (χ4v) is 3.94. The molecule has 2 heterocycles. The summed E-state index contributed by atoms with van der Waals surface area (Å²) in [6.45, 7) is 4.59. The van der Waals surface area contributed by atoms with Crippen LogP contribution in [0.5, 0.6) is 0 Å². The third-order valence-electron chi connectivity index (χ3n) is 4.39. The van der Waals surface area contributed by atoms with Gasteiger partial charge < -0.3 is 5.32 Å². The van der Waals surface area contributed by atoms with E-state index in [1.165, 1.54) is 24.2 Å². The molecular formula is C18H18ClF3N4OS. The largest absolute Gasteiger partial charge is 0.418 e. The van der Waals surface area contributed by atoms with E-state index in [4.69, 9.17) is 11.6 Å². The summed E-state index contributed by atoms with van der Waals surface area (Å²) in [7, 11) is 0. The van der Waals surface area contributed by atoms with Gasteiger partial charge >= 0.3 is 6.18 Å². The molecule has 0 saturated heterocycles. The SMILES string of the molecule is CCN1CCc2ncnc(SCC(=O)Nc3ccc(Cl)cc3C(F)(F)F)c2C1. The smallest absolute Gasteiger partial charge is 0.325 e. The van der Waals surface area contributed by atoms with Gasteiger partial charge in [0.1, 0.15) is 11.4 Å². The molecule has 28 heavy (non-hydrogen) atoms. The number of carbonyl (C=O) groups excluding carboxylic acids is 1. The van der Waals surface area contributed by atoms with Crippen LogP contribution in [0, 0.1) is 0 Å². The molecule has 1 aromatic carbocycles. The lowest BCUT2D eigenvalue weighted by Crippen LogP contribution is -2.31. The number of benzene rings is 1. The molecule has 0 bridgehead atoms. The van der Waals surface area contributed by atoms with Crippen molar-refractivity contribution in [3.8, 4) is 0 Å². The lowest BCUT2D eigenvalue weighted by atomic mass is 10.1. The Balaban J connectivity index is 1.70. The van der Waals surface area contributed by atoms with Gasteiger partial charge in [0.2, 0.25) is 5.91 Å². The molecule has 10 heteroatoms. The second-order valence-electron chi connectivity index (χ2n) is 6.25. The molecule has 1 N–H and O–H groups in total. The molecule has 0 atom stereocenters. The van der Waals surface area contributed by atoms with Gasteiger partial charge in [0, 0.05) is 30.1 Å². The van der Waals surface area contributed by atoms with Crippen LogP contribution in [0.1, 0.15) is 23.7 Å². The van der Waals surface area contributed by atoms with Crippen LogP contribution in [-0.4, -0.2) is 39.6 Å². The summed E-state index contributed by atoms with van der Waals surface area (Å²) in [6, 6.07) is 3.25. The second-order valence-corrected chi connectivity index (χ2v) is 7.65. The molecule has 150 valence electrons. The molecule has 3 rings (SSSR count). The number of fused-ring (bicyclic) bond motifs is 1. The molecule has 0 radical (unpaired) electrons. The van der Waals surface area contributed by atoms with Gasteiger partial charge in [-0.1, -0.05) is 30.3 Å². The first-order valence-electron chi connectivity index (χ1n) is 8.62. The molecule has 2 aromatic rings. The van der Waals surface area contributed by atoms with Crippen molar-refractivity contribution in [3.63, 3.8) is 0 Å². The number of alkyl halides is 3. The van der Waals surface area contributed by atoms with E-state index >= 15 is 0 Å². The van der Waals surface area contributed by atoms with Crippen LogP contribution in [0.15, 0.2) is 29.6 Å². The minimum absolute atomic E-state index is 0.0483. The molecule has 1 aliphatic rings. The van der Waals surface area contributed by atoms with Gasteiger partial charge in [-0.05, 0) is 24.7 Å². The van der Waals surface area contributed by atoms with Gasteiger partial charge in [0.15, 0.2) is 0 Å². The zero-order valence-electron chi connectivity index (χ0n) is 15.0. The molecule has 0 spiro atoms. The van der Waals surface area contributed by atoms with Gasteiger partial charge in [0.25, 0.3) is 0 Å². The highest BCUT2D eigenvalue weighted by Crippen LogP contribution is 2.36. The molecule has 5 nitrogen and oxygen atoms in total. The van der Waals surface area contributed by atoms with Gasteiger partial charge in [-0.3, -0.25) is 9.69 Å². The lowest BCUT2D eigenvalue weighted by Gasteiger charge is -2.27. The van der Waals surface area contributed by atoms with Crippen molar-refractivity contribution < 1.29 is 18.0 Å². The van der Waals surface area contributed by atoms with Crippen LogP contribution in [-0.2, 0) is 23.9 Å². The topological polar surface area (TPSA) is 58.1 Å². The fraction of sp³-hybridized carbons (Fsp3) is 0.389. The van der Waals surface area contributed by atoms with Gasteiger partial charge in [-0.2, -0.15) is 13.2 Å². The number of anilines is 1. The summed E-state index contributed by atoms with van der Waals surface area (Å²) in [5.41, 5.74) is 0.649. The van der Waals surface area contributed by atoms with Crippen LogP contribution in [0.2, 0.25) is 5.02 Å². The highest BCUT2D eigenvalue weighted by molar-refractivity contribution is 8.00. The van der Waals surface area contributed by atoms with Crippen LogP contribution in [0.4, 0.5) is 18.9 Å². The first kappa shape index (κ1) is 20.9. The van der Waals surface area contributed by atoms with E-state index in [2.05, 4.69) is 27.1 Å². The number of hydrogen-bond acceptors (Lipinski definition) is 5. The van der Waals surface area contributed by atoms with Crippen molar-refractivity contribution in [3.05, 3.63) is 46.4 Å². The number of nitrogens with one attached hydrogen (secondary N) is 1. The maximum absolute atomic E-state index is 13.2. The Morgan fingerprint density at radius 2 is 2.14 bits per heavy atom. The maximum Gasteiger partial charge on any atom is 0.418 e. The number of carbonyl (C=O) groups is 1. The first-order chi connectivity index (χ1) is 13.3. The standard InChI is InChI=1S/C18H18ClF3N4OS/c1-2-26-6-5-14-12(8-26)17(24-10-23-14)28-9-16(27)25-15-4-3-11(19)7-13(15)18(20,21)22/h3-4,7,10H,2,5-6,8-9H2,1H3,(H,25,27). The highest BCUT2D eigenvalue weighted by atomic mass is 35.5. The van der Waals surface area contributed by atoms with Crippen molar-refractivity contribution in [2.24, 2.45) is 0 Å². The molecule has 0 aliphatic carbocycles. The third-order valence-corrected chi connectivity index (χ3v) is 5.66. The van der Waals surface area contributed by atoms with Crippen molar-refractivity contribution in [2.75, 3.05) is 24.2 Å². The number of halogens is 4. The Morgan fingerprint density at radius 3 is 2.86 bits per heavy atom. The molecule has 1 aliphatic heterocycles. The van der Waals surface area contributed by atoms with Crippen molar-refractivity contribution >= 4 is 35.0 Å². The Morgan fingerprint density at radius 1 is 1.36 bits per heavy atom. The number of hydrogen-bond donors (Lipinski definition) is 1. The molecule has 0 unspecified atom stereocenters. The number of nitrogens with zero attached hydrogens (tertiary/aromatic N) is 3. The molecule has 0 saturated carbocycles. The maximum atomic E-state index is 13.2. The average Bonchev–Trinajstić information content (AvgIpc) is 2.66. The Bertz CT molecular complexity index is 878. The number of rotatable bonds is 5. The van der Waals surface area contributed by atoms with Crippen molar-refractivity contribution in [2.45, 2.75) is 31.1 Å². The number of likely N-dealkylation sites (N-methyl/N-ethyl adjacent to an activating group) is 1. The Labute approximate surface area is 169 Å². The van der Waals surface area contributed by atoms with E-state index in [9.17, 15) is 18.0 Å². The normalized spacial score (nSPS) is 14.6. The van der Waals surface area contributed by atoms with Crippen LogP contribution < -0.4 is 5.32 Å². The monoisotopic (exact) mass is 430 g/mol. The molecule has 1 aromatic heterocycles. The zero-order chi connectivity index (χ0) is 20.3. The summed E-state index contributed by atoms with van der Waals surface area (Å²) in [5, 5.41) is 2.96. The van der Waals surface area contributed by atoms with Gasteiger partial charge in [-0.15, -0.1) is 0 Å².